The molecule has 142 valence electrons. The molecule has 0 aromatic carbocycles. The van der Waals surface area contributed by atoms with E-state index < -0.39 is 0 Å². The van der Waals surface area contributed by atoms with Gasteiger partial charge >= 0.3 is 0 Å². The second-order valence-corrected chi connectivity index (χ2v) is 7.98. The maximum absolute atomic E-state index is 12.7. The maximum Gasteiger partial charge on any atom is 0.263 e. The summed E-state index contributed by atoms with van der Waals surface area (Å²) in [7, 11) is 1.87. The summed E-state index contributed by atoms with van der Waals surface area (Å²) in [6, 6.07) is 2.23. The van der Waals surface area contributed by atoms with Gasteiger partial charge in [-0.3, -0.25) is 14.6 Å². The quantitative estimate of drug-likeness (QED) is 0.719. The van der Waals surface area contributed by atoms with Gasteiger partial charge in [0.15, 0.2) is 5.82 Å². The first-order valence-corrected chi connectivity index (χ1v) is 9.85. The Hall–Kier alpha value is -2.68. The number of amides is 1. The summed E-state index contributed by atoms with van der Waals surface area (Å²) in [6.07, 6.45) is 5.49. The number of aromatic amines is 1. The van der Waals surface area contributed by atoms with Crippen molar-refractivity contribution in [1.29, 1.82) is 0 Å². The molecule has 1 aliphatic heterocycles. The minimum absolute atomic E-state index is 0.0331. The van der Waals surface area contributed by atoms with Gasteiger partial charge in [-0.1, -0.05) is 0 Å². The van der Waals surface area contributed by atoms with Gasteiger partial charge in [-0.2, -0.15) is 10.2 Å². The van der Waals surface area contributed by atoms with Gasteiger partial charge in [0.2, 0.25) is 0 Å². The van der Waals surface area contributed by atoms with Crippen LogP contribution < -0.4 is 10.2 Å². The lowest BCUT2D eigenvalue weighted by Crippen LogP contribution is -2.44. The van der Waals surface area contributed by atoms with Gasteiger partial charge in [-0.05, 0) is 26.7 Å². The molecule has 27 heavy (non-hydrogen) atoms. The fraction of sp³-hybridized carbons (Fsp3) is 0.444. The van der Waals surface area contributed by atoms with Crippen molar-refractivity contribution in [2.24, 2.45) is 7.05 Å². The highest BCUT2D eigenvalue weighted by Gasteiger charge is 2.24. The summed E-state index contributed by atoms with van der Waals surface area (Å²) in [5.74, 6) is 0.950. The molecule has 0 atom stereocenters. The van der Waals surface area contributed by atoms with E-state index in [2.05, 4.69) is 36.6 Å². The number of nitrogens with zero attached hydrogens (tertiary/aromatic N) is 5. The van der Waals surface area contributed by atoms with E-state index in [0.717, 1.165) is 53.7 Å². The minimum atomic E-state index is -0.0331. The number of nitrogens with one attached hydrogen (secondary N) is 2. The summed E-state index contributed by atoms with van der Waals surface area (Å²) in [6.45, 7) is 5.66. The van der Waals surface area contributed by atoms with Gasteiger partial charge in [0, 0.05) is 49.7 Å². The highest BCUT2D eigenvalue weighted by molar-refractivity contribution is 7.17. The molecule has 0 saturated carbocycles. The zero-order valence-corrected chi connectivity index (χ0v) is 16.5. The Morgan fingerprint density at radius 3 is 2.74 bits per heavy atom. The Balaban J connectivity index is 1.38. The monoisotopic (exact) mass is 385 g/mol. The molecular weight excluding hydrogens is 362 g/mol. The predicted octanol–water partition coefficient (Wildman–Crippen LogP) is 2.28. The van der Waals surface area contributed by atoms with E-state index in [4.69, 9.17) is 0 Å². The Bertz CT molecular complexity index is 949. The first-order valence-electron chi connectivity index (χ1n) is 9.04. The van der Waals surface area contributed by atoms with E-state index in [9.17, 15) is 4.79 Å². The number of aromatic nitrogens is 5. The molecule has 4 heterocycles. The minimum Gasteiger partial charge on any atom is -0.355 e. The first kappa shape index (κ1) is 17.7. The van der Waals surface area contributed by atoms with E-state index in [0.29, 0.717) is 4.88 Å². The van der Waals surface area contributed by atoms with E-state index in [-0.39, 0.29) is 11.9 Å². The van der Waals surface area contributed by atoms with Crippen molar-refractivity contribution < 1.29 is 4.79 Å². The summed E-state index contributed by atoms with van der Waals surface area (Å²) >= 11 is 1.42. The third kappa shape index (κ3) is 3.73. The number of rotatable bonds is 4. The van der Waals surface area contributed by atoms with Crippen LogP contribution in [0.25, 0.3) is 10.6 Å². The molecule has 1 aliphatic rings. The third-order valence-electron chi connectivity index (χ3n) is 4.80. The van der Waals surface area contributed by atoms with Crippen LogP contribution in [0.15, 0.2) is 18.5 Å². The molecule has 1 saturated heterocycles. The lowest BCUT2D eigenvalue weighted by Gasteiger charge is -2.32. The second-order valence-electron chi connectivity index (χ2n) is 6.98. The number of hydrogen-bond acceptors (Lipinski definition) is 6. The number of hydrogen-bond donors (Lipinski definition) is 2. The standard InChI is InChI=1S/C18H23N7OS/c1-11-8-15(23-22-11)25-6-4-14(5-7-25)21-17(26)16-12(2)20-18(27-16)13-9-19-24(3)10-13/h8-10,14H,4-7H2,1-3H3,(H,21,26)(H,22,23). The molecule has 0 spiro atoms. The Kier molecular flexibility index (Phi) is 4.69. The Labute approximate surface area is 161 Å². The van der Waals surface area contributed by atoms with E-state index in [1.54, 1.807) is 10.9 Å². The number of H-pyrrole nitrogens is 1. The Morgan fingerprint density at radius 1 is 1.33 bits per heavy atom. The third-order valence-corrected chi connectivity index (χ3v) is 6.01. The van der Waals surface area contributed by atoms with Gasteiger partial charge < -0.3 is 10.2 Å². The van der Waals surface area contributed by atoms with Crippen LogP contribution in [0.3, 0.4) is 0 Å². The van der Waals surface area contributed by atoms with Crippen molar-refractivity contribution in [3.63, 3.8) is 0 Å². The second kappa shape index (κ2) is 7.15. The molecular formula is C18H23N7OS. The largest absolute Gasteiger partial charge is 0.355 e. The van der Waals surface area contributed by atoms with Crippen LogP contribution in [0.5, 0.6) is 0 Å². The molecule has 1 fully saturated rings. The molecule has 0 radical (unpaired) electrons. The SMILES string of the molecule is Cc1cc(N2CCC(NC(=O)c3sc(-c4cnn(C)c4)nc3C)CC2)n[nH]1. The number of carbonyl (C=O) groups is 1. The van der Waals surface area contributed by atoms with Crippen LogP contribution in [-0.4, -0.2) is 50.0 Å². The number of anilines is 1. The average molecular weight is 385 g/mol. The molecule has 0 aliphatic carbocycles. The topological polar surface area (TPSA) is 91.7 Å². The van der Waals surface area contributed by atoms with Gasteiger partial charge in [0.05, 0.1) is 11.9 Å². The molecule has 2 N–H and O–H groups in total. The van der Waals surface area contributed by atoms with Crippen molar-refractivity contribution in [2.45, 2.75) is 32.7 Å². The number of aryl methyl sites for hydroxylation is 3. The smallest absolute Gasteiger partial charge is 0.263 e. The molecule has 8 nitrogen and oxygen atoms in total. The van der Waals surface area contributed by atoms with Crippen LogP contribution in [0, 0.1) is 13.8 Å². The normalized spacial score (nSPS) is 15.3. The van der Waals surface area contributed by atoms with Crippen molar-refractivity contribution in [3.8, 4) is 10.6 Å². The van der Waals surface area contributed by atoms with Crippen molar-refractivity contribution in [3.05, 3.63) is 34.7 Å². The summed E-state index contributed by atoms with van der Waals surface area (Å²) in [4.78, 5) is 20.2. The van der Waals surface area contributed by atoms with Gasteiger partial charge in [0.25, 0.3) is 5.91 Å². The van der Waals surface area contributed by atoms with Crippen LogP contribution in [0.4, 0.5) is 5.82 Å². The maximum atomic E-state index is 12.7. The highest BCUT2D eigenvalue weighted by Crippen LogP contribution is 2.28. The van der Waals surface area contributed by atoms with Crippen LogP contribution in [0.1, 0.15) is 33.9 Å². The van der Waals surface area contributed by atoms with Gasteiger partial charge in [0.1, 0.15) is 9.88 Å². The molecule has 0 unspecified atom stereocenters. The first-order chi connectivity index (χ1) is 13.0. The predicted molar refractivity (Wildman–Crippen MR) is 105 cm³/mol. The Morgan fingerprint density at radius 2 is 2.11 bits per heavy atom. The highest BCUT2D eigenvalue weighted by atomic mass is 32.1. The lowest BCUT2D eigenvalue weighted by atomic mass is 10.0. The fourth-order valence-electron chi connectivity index (χ4n) is 3.33. The summed E-state index contributed by atoms with van der Waals surface area (Å²) < 4.78 is 1.74. The molecule has 9 heteroatoms. The van der Waals surface area contributed by atoms with Crippen molar-refractivity contribution >= 4 is 23.1 Å². The van der Waals surface area contributed by atoms with Gasteiger partial charge in [-0.25, -0.2) is 4.98 Å². The lowest BCUT2D eigenvalue weighted by molar-refractivity contribution is 0.0934. The molecule has 1 amide bonds. The number of thiazole rings is 1. The molecule has 3 aromatic rings. The van der Waals surface area contributed by atoms with E-state index >= 15 is 0 Å². The van der Waals surface area contributed by atoms with Crippen molar-refractivity contribution in [1.82, 2.24) is 30.3 Å². The molecule has 4 rings (SSSR count). The van der Waals surface area contributed by atoms with Crippen molar-refractivity contribution in [2.75, 3.05) is 18.0 Å². The van der Waals surface area contributed by atoms with Crippen LogP contribution in [0.2, 0.25) is 0 Å². The van der Waals surface area contributed by atoms with E-state index in [1.807, 2.05) is 27.1 Å². The zero-order valence-electron chi connectivity index (χ0n) is 15.7. The van der Waals surface area contributed by atoms with Crippen LogP contribution in [-0.2, 0) is 7.05 Å². The number of piperidine rings is 1. The zero-order chi connectivity index (χ0) is 19.0. The molecule has 3 aromatic heterocycles. The van der Waals surface area contributed by atoms with Gasteiger partial charge in [-0.15, -0.1) is 11.3 Å². The molecule has 0 bridgehead atoms. The fourth-order valence-corrected chi connectivity index (χ4v) is 4.28. The summed E-state index contributed by atoms with van der Waals surface area (Å²) in [5.41, 5.74) is 2.76. The average Bonchev–Trinajstić information content (AvgIpc) is 3.36. The van der Waals surface area contributed by atoms with Crippen LogP contribution >= 0.6 is 11.3 Å². The number of carbonyl (C=O) groups excluding carboxylic acids is 1. The summed E-state index contributed by atoms with van der Waals surface area (Å²) in [5, 5.41) is 15.5. The van der Waals surface area contributed by atoms with E-state index in [1.165, 1.54) is 11.3 Å².